The van der Waals surface area contributed by atoms with Gasteiger partial charge in [-0.15, -0.1) is 0 Å². The first-order valence-corrected chi connectivity index (χ1v) is 5.42. The van der Waals surface area contributed by atoms with Crippen LogP contribution in [0.25, 0.3) is 0 Å². The lowest BCUT2D eigenvalue weighted by Gasteiger charge is -2.13. The number of carboxylic acid groups (broad SMARTS) is 1. The molecule has 19 heavy (non-hydrogen) atoms. The molecule has 0 radical (unpaired) electrons. The minimum atomic E-state index is -1.21. The third-order valence-electron chi connectivity index (χ3n) is 2.46. The Labute approximate surface area is 107 Å². The molecule has 2 aromatic rings. The largest absolute Gasteiger partial charge is 0.480 e. The van der Waals surface area contributed by atoms with E-state index < -0.39 is 23.7 Å². The Hall–Kier alpha value is -2.37. The molecule has 0 amide bonds. The normalized spacial score (nSPS) is 12.2. The highest BCUT2D eigenvalue weighted by atomic mass is 19.2. The second kappa shape index (κ2) is 5.09. The van der Waals surface area contributed by atoms with Gasteiger partial charge in [-0.05, 0) is 31.2 Å². The molecule has 1 heterocycles. The number of rotatable bonds is 4. The smallest absolute Gasteiger partial charge is 0.371 e. The van der Waals surface area contributed by atoms with Gasteiger partial charge in [-0.1, -0.05) is 6.07 Å². The third kappa shape index (κ3) is 2.73. The quantitative estimate of drug-likeness (QED) is 0.923. The summed E-state index contributed by atoms with van der Waals surface area (Å²) >= 11 is 0. The molecule has 1 N–H and O–H groups in total. The summed E-state index contributed by atoms with van der Waals surface area (Å²) in [4.78, 5) is 10.6. The van der Waals surface area contributed by atoms with Crippen LogP contribution in [-0.2, 0) is 0 Å². The van der Waals surface area contributed by atoms with Crippen LogP contribution in [-0.4, -0.2) is 11.1 Å². The molecule has 2 rings (SSSR count). The van der Waals surface area contributed by atoms with Crippen LogP contribution < -0.4 is 4.74 Å². The van der Waals surface area contributed by atoms with Crippen molar-refractivity contribution in [1.29, 1.82) is 0 Å². The summed E-state index contributed by atoms with van der Waals surface area (Å²) in [5, 5.41) is 8.71. The molecule has 1 unspecified atom stereocenters. The molecule has 0 saturated carbocycles. The van der Waals surface area contributed by atoms with E-state index in [4.69, 9.17) is 14.3 Å². The maximum atomic E-state index is 13.4. The van der Waals surface area contributed by atoms with E-state index in [0.29, 0.717) is 0 Å². The van der Waals surface area contributed by atoms with Gasteiger partial charge in [0.25, 0.3) is 0 Å². The Balaban J connectivity index is 2.18. The highest BCUT2D eigenvalue weighted by Gasteiger charge is 2.18. The third-order valence-corrected chi connectivity index (χ3v) is 2.46. The average molecular weight is 268 g/mol. The minimum Gasteiger partial charge on any atom is -0.480 e. The van der Waals surface area contributed by atoms with E-state index in [1.54, 1.807) is 0 Å². The maximum absolute atomic E-state index is 13.4. The van der Waals surface area contributed by atoms with Gasteiger partial charge >= 0.3 is 5.97 Å². The first-order valence-electron chi connectivity index (χ1n) is 5.42. The van der Waals surface area contributed by atoms with Crippen LogP contribution in [0.3, 0.4) is 0 Å². The van der Waals surface area contributed by atoms with Gasteiger partial charge in [0.15, 0.2) is 17.7 Å². The van der Waals surface area contributed by atoms with Crippen molar-refractivity contribution >= 4 is 5.97 Å². The summed E-state index contributed by atoms with van der Waals surface area (Å²) in [5.74, 6) is -3.63. The molecule has 0 aliphatic heterocycles. The van der Waals surface area contributed by atoms with Crippen LogP contribution in [0.5, 0.6) is 5.75 Å². The number of hydrogen-bond donors (Lipinski definition) is 1. The number of aromatic carboxylic acids is 1. The molecule has 0 fully saturated rings. The average Bonchev–Trinajstić information content (AvgIpc) is 2.84. The molecule has 0 spiro atoms. The number of benzene rings is 1. The summed E-state index contributed by atoms with van der Waals surface area (Å²) in [6, 6.07) is 6.23. The molecule has 1 aromatic carbocycles. The lowest BCUT2D eigenvalue weighted by Crippen LogP contribution is -2.04. The highest BCUT2D eigenvalue weighted by Crippen LogP contribution is 2.26. The Morgan fingerprint density at radius 1 is 1.32 bits per heavy atom. The lowest BCUT2D eigenvalue weighted by molar-refractivity contribution is 0.0655. The van der Waals surface area contributed by atoms with Gasteiger partial charge in [-0.3, -0.25) is 0 Å². The fourth-order valence-corrected chi connectivity index (χ4v) is 1.51. The molecule has 100 valence electrons. The van der Waals surface area contributed by atoms with E-state index in [9.17, 15) is 13.6 Å². The molecular weight excluding hydrogens is 258 g/mol. The molecule has 0 bridgehead atoms. The molecular formula is C13H10F2O4. The van der Waals surface area contributed by atoms with Gasteiger partial charge in [-0.2, -0.15) is 4.39 Å². The molecule has 0 saturated heterocycles. The zero-order chi connectivity index (χ0) is 14.0. The summed E-state index contributed by atoms with van der Waals surface area (Å²) in [6.07, 6.45) is -0.746. The molecule has 1 atom stereocenters. The summed E-state index contributed by atoms with van der Waals surface area (Å²) in [6.45, 7) is 1.54. The zero-order valence-electron chi connectivity index (χ0n) is 9.89. The number of furan rings is 1. The molecule has 6 heteroatoms. The van der Waals surface area contributed by atoms with Crippen molar-refractivity contribution in [2.75, 3.05) is 0 Å². The van der Waals surface area contributed by atoms with Crippen molar-refractivity contribution in [2.45, 2.75) is 13.0 Å². The first kappa shape index (κ1) is 13.1. The van der Waals surface area contributed by atoms with Crippen molar-refractivity contribution in [3.63, 3.8) is 0 Å². The molecule has 1 aromatic heterocycles. The predicted molar refractivity (Wildman–Crippen MR) is 61.1 cm³/mol. The second-order valence-electron chi connectivity index (χ2n) is 3.82. The monoisotopic (exact) mass is 268 g/mol. The van der Waals surface area contributed by atoms with E-state index in [-0.39, 0.29) is 17.3 Å². The number of carbonyl (C=O) groups is 1. The lowest BCUT2D eigenvalue weighted by atomic mass is 10.3. The number of carboxylic acids is 1. The molecule has 0 aliphatic rings. The number of ether oxygens (including phenoxy) is 1. The van der Waals surface area contributed by atoms with Gasteiger partial charge in [0, 0.05) is 0 Å². The van der Waals surface area contributed by atoms with Crippen LogP contribution in [0.4, 0.5) is 8.78 Å². The van der Waals surface area contributed by atoms with E-state index in [2.05, 4.69) is 0 Å². The summed E-state index contributed by atoms with van der Waals surface area (Å²) < 4.78 is 36.6. The Morgan fingerprint density at radius 3 is 2.68 bits per heavy atom. The Morgan fingerprint density at radius 2 is 2.05 bits per heavy atom. The van der Waals surface area contributed by atoms with E-state index in [0.717, 1.165) is 6.07 Å². The highest BCUT2D eigenvalue weighted by molar-refractivity contribution is 5.84. The van der Waals surface area contributed by atoms with Gasteiger partial charge in [-0.25, -0.2) is 9.18 Å². The maximum Gasteiger partial charge on any atom is 0.371 e. The van der Waals surface area contributed by atoms with Gasteiger partial charge in [0.1, 0.15) is 5.76 Å². The van der Waals surface area contributed by atoms with Crippen molar-refractivity contribution in [1.82, 2.24) is 0 Å². The van der Waals surface area contributed by atoms with Crippen LogP contribution >= 0.6 is 0 Å². The van der Waals surface area contributed by atoms with Crippen LogP contribution in [0, 0.1) is 11.6 Å². The van der Waals surface area contributed by atoms with Crippen molar-refractivity contribution in [3.8, 4) is 5.75 Å². The molecule has 4 nitrogen and oxygen atoms in total. The van der Waals surface area contributed by atoms with Gasteiger partial charge in [0.05, 0.1) is 0 Å². The van der Waals surface area contributed by atoms with E-state index >= 15 is 0 Å². The van der Waals surface area contributed by atoms with Gasteiger partial charge < -0.3 is 14.3 Å². The fourth-order valence-electron chi connectivity index (χ4n) is 1.51. The van der Waals surface area contributed by atoms with Crippen molar-refractivity contribution < 1.29 is 27.8 Å². The summed E-state index contributed by atoms with van der Waals surface area (Å²) in [7, 11) is 0. The zero-order valence-corrected chi connectivity index (χ0v) is 9.89. The summed E-state index contributed by atoms with van der Waals surface area (Å²) in [5.41, 5.74) is 0. The van der Waals surface area contributed by atoms with E-state index in [1.807, 2.05) is 0 Å². The first-order chi connectivity index (χ1) is 8.99. The van der Waals surface area contributed by atoms with Crippen molar-refractivity contribution in [2.24, 2.45) is 0 Å². The topological polar surface area (TPSA) is 59.7 Å². The van der Waals surface area contributed by atoms with Crippen LogP contribution in [0.15, 0.2) is 34.7 Å². The fraction of sp³-hybridized carbons (Fsp3) is 0.154. The van der Waals surface area contributed by atoms with Crippen LogP contribution in [0.2, 0.25) is 0 Å². The van der Waals surface area contributed by atoms with Crippen LogP contribution in [0.1, 0.15) is 29.3 Å². The predicted octanol–water partition coefficient (Wildman–Crippen LogP) is 3.40. The Bertz CT molecular complexity index is 606. The number of halogens is 2. The SMILES string of the molecule is CC(Oc1cccc(F)c1F)c1ccc(C(=O)O)o1. The van der Waals surface area contributed by atoms with E-state index in [1.165, 1.54) is 31.2 Å². The van der Waals surface area contributed by atoms with Gasteiger partial charge in [0.2, 0.25) is 11.6 Å². The van der Waals surface area contributed by atoms with Crippen molar-refractivity contribution in [3.05, 3.63) is 53.5 Å². The minimum absolute atomic E-state index is 0.209. The Kier molecular flexibility index (Phi) is 3.50. The standard InChI is InChI=1S/C13H10F2O4/c1-7(9-5-6-11(19-9)13(16)17)18-10-4-2-3-8(14)12(10)15/h2-7H,1H3,(H,16,17). The number of hydrogen-bond acceptors (Lipinski definition) is 3. The second-order valence-corrected chi connectivity index (χ2v) is 3.82. The molecule has 0 aliphatic carbocycles.